The van der Waals surface area contributed by atoms with Gasteiger partial charge in [-0.15, -0.1) is 6.58 Å². The van der Waals surface area contributed by atoms with Crippen molar-refractivity contribution in [3.8, 4) is 0 Å². The highest BCUT2D eigenvalue weighted by Gasteiger charge is 2.39. The topological polar surface area (TPSA) is 65.0 Å². The molecule has 1 aliphatic heterocycles. The lowest BCUT2D eigenvalue weighted by molar-refractivity contribution is -0.273. The minimum absolute atomic E-state index is 0.0230. The van der Waals surface area contributed by atoms with E-state index in [2.05, 4.69) is 6.58 Å². The Morgan fingerprint density at radius 2 is 2.12 bits per heavy atom. The van der Waals surface area contributed by atoms with Gasteiger partial charge in [0.25, 0.3) is 0 Å². The second-order valence-electron chi connectivity index (χ2n) is 6.84. The van der Waals surface area contributed by atoms with Crippen LogP contribution in [0.15, 0.2) is 43.0 Å². The first-order valence-electron chi connectivity index (χ1n) is 9.37. The van der Waals surface area contributed by atoms with Crippen LogP contribution in [0.3, 0.4) is 0 Å². The Morgan fingerprint density at radius 3 is 2.81 bits per heavy atom. The molecule has 144 valence electrons. The molecule has 1 aromatic carbocycles. The lowest BCUT2D eigenvalue weighted by Gasteiger charge is -2.38. The molecule has 1 saturated heterocycles. The molecule has 0 radical (unpaired) electrons. The van der Waals surface area contributed by atoms with Crippen LogP contribution in [0.1, 0.15) is 56.3 Å². The first kappa shape index (κ1) is 20.6. The van der Waals surface area contributed by atoms with E-state index in [1.54, 1.807) is 31.2 Å². The van der Waals surface area contributed by atoms with E-state index >= 15 is 0 Å². The highest BCUT2D eigenvalue weighted by atomic mass is 16.7. The molecule has 0 aromatic heterocycles. The number of ether oxygens (including phenoxy) is 3. The van der Waals surface area contributed by atoms with Crippen molar-refractivity contribution in [3.05, 3.63) is 48.6 Å². The molecular weight excluding hydrogens is 332 g/mol. The Hall–Kier alpha value is -1.69. The second-order valence-corrected chi connectivity index (χ2v) is 6.84. The zero-order chi connectivity index (χ0) is 18.9. The average molecular weight is 362 g/mol. The van der Waals surface area contributed by atoms with E-state index in [-0.39, 0.29) is 12.2 Å². The van der Waals surface area contributed by atoms with E-state index < -0.39 is 24.5 Å². The summed E-state index contributed by atoms with van der Waals surface area (Å²) < 4.78 is 17.4. The fourth-order valence-electron chi connectivity index (χ4n) is 2.95. The number of hydrogen-bond acceptors (Lipinski definition) is 5. The summed E-state index contributed by atoms with van der Waals surface area (Å²) in [7, 11) is 0. The monoisotopic (exact) mass is 362 g/mol. The summed E-state index contributed by atoms with van der Waals surface area (Å²) in [6, 6.07) is 8.80. The van der Waals surface area contributed by atoms with Crippen molar-refractivity contribution < 1.29 is 24.1 Å². The highest BCUT2D eigenvalue weighted by Crippen LogP contribution is 2.26. The van der Waals surface area contributed by atoms with Crippen LogP contribution in [0, 0.1) is 0 Å². The van der Waals surface area contributed by atoms with Crippen LogP contribution in [0.4, 0.5) is 0 Å². The number of aliphatic hydroxyl groups excluding tert-OH is 1. The molecule has 5 atom stereocenters. The zero-order valence-corrected chi connectivity index (χ0v) is 15.7. The number of benzene rings is 1. The van der Waals surface area contributed by atoms with Crippen molar-refractivity contribution in [2.45, 2.75) is 76.7 Å². The Labute approximate surface area is 156 Å². The largest absolute Gasteiger partial charge is 0.453 e. The lowest BCUT2D eigenvalue weighted by atomic mass is 10.0. The van der Waals surface area contributed by atoms with Crippen LogP contribution in [0.25, 0.3) is 0 Å². The van der Waals surface area contributed by atoms with Crippen molar-refractivity contribution in [3.63, 3.8) is 0 Å². The summed E-state index contributed by atoms with van der Waals surface area (Å²) in [6.07, 6.45) is 3.83. The summed E-state index contributed by atoms with van der Waals surface area (Å²) in [5, 5.41) is 10.1. The molecule has 2 rings (SSSR count). The van der Waals surface area contributed by atoms with Crippen LogP contribution in [0.2, 0.25) is 0 Å². The molecule has 26 heavy (non-hydrogen) atoms. The van der Waals surface area contributed by atoms with Crippen LogP contribution >= 0.6 is 0 Å². The van der Waals surface area contributed by atoms with Gasteiger partial charge in [0.05, 0.1) is 23.9 Å². The summed E-state index contributed by atoms with van der Waals surface area (Å²) >= 11 is 0. The predicted octanol–water partition coefficient (Wildman–Crippen LogP) is 3.86. The molecule has 0 spiro atoms. The maximum Gasteiger partial charge on any atom is 0.338 e. The molecule has 1 N–H and O–H groups in total. The van der Waals surface area contributed by atoms with Gasteiger partial charge in [-0.2, -0.15) is 0 Å². The third-order valence-electron chi connectivity index (χ3n) is 4.57. The second kappa shape index (κ2) is 10.5. The van der Waals surface area contributed by atoms with E-state index in [1.807, 2.05) is 19.1 Å². The van der Waals surface area contributed by atoms with Gasteiger partial charge in [-0.25, -0.2) is 4.79 Å². The minimum Gasteiger partial charge on any atom is -0.453 e. The lowest BCUT2D eigenvalue weighted by Crippen LogP contribution is -2.49. The first-order chi connectivity index (χ1) is 12.5. The van der Waals surface area contributed by atoms with Gasteiger partial charge in [0, 0.05) is 6.42 Å². The van der Waals surface area contributed by atoms with E-state index in [0.29, 0.717) is 12.0 Å². The zero-order valence-electron chi connectivity index (χ0n) is 15.7. The molecule has 5 nitrogen and oxygen atoms in total. The summed E-state index contributed by atoms with van der Waals surface area (Å²) in [4.78, 5) is 12.4. The molecule has 0 amide bonds. The Kier molecular flexibility index (Phi) is 8.29. The van der Waals surface area contributed by atoms with Gasteiger partial charge in [0.1, 0.15) is 0 Å². The van der Waals surface area contributed by atoms with Gasteiger partial charge in [0.2, 0.25) is 0 Å². The van der Waals surface area contributed by atoms with Crippen LogP contribution in [-0.2, 0) is 14.2 Å². The molecule has 0 aliphatic carbocycles. The standard InChI is InChI=1S/C21H30O5/c1-4-5-6-8-11-15(2)24-21-19(14-18(22)16(3)25-21)26-20(23)17-12-9-7-10-13-17/h4,7,9-10,12-13,15-16,18-19,21-22H,1,5-6,8,11,14H2,2-3H3/t15-,16?,18-,19?,21-/m1/s1. The van der Waals surface area contributed by atoms with Crippen molar-refractivity contribution in [2.75, 3.05) is 0 Å². The van der Waals surface area contributed by atoms with Crippen LogP contribution in [0.5, 0.6) is 0 Å². The average Bonchev–Trinajstić information content (AvgIpc) is 2.63. The smallest absolute Gasteiger partial charge is 0.338 e. The molecule has 5 heteroatoms. The number of esters is 1. The molecule has 0 bridgehead atoms. The van der Waals surface area contributed by atoms with Crippen molar-refractivity contribution >= 4 is 5.97 Å². The molecule has 0 saturated carbocycles. The number of carbonyl (C=O) groups is 1. The van der Waals surface area contributed by atoms with E-state index in [9.17, 15) is 9.90 Å². The molecular formula is C21H30O5. The number of carbonyl (C=O) groups excluding carboxylic acids is 1. The number of rotatable bonds is 9. The fraction of sp³-hybridized carbons (Fsp3) is 0.571. The summed E-state index contributed by atoms with van der Waals surface area (Å²) in [5.41, 5.74) is 0.469. The number of allylic oxidation sites excluding steroid dienone is 1. The number of hydrogen-bond donors (Lipinski definition) is 1. The van der Waals surface area contributed by atoms with Gasteiger partial charge in [-0.3, -0.25) is 0 Å². The number of aliphatic hydroxyl groups is 1. The van der Waals surface area contributed by atoms with E-state index in [4.69, 9.17) is 14.2 Å². The SMILES string of the molecule is C=CCCCC[C@@H](C)O[C@@H]1OC(C)[C@H](O)CC1OC(=O)c1ccccc1. The van der Waals surface area contributed by atoms with Gasteiger partial charge in [-0.1, -0.05) is 30.7 Å². The fourth-order valence-corrected chi connectivity index (χ4v) is 2.95. The number of unbranched alkanes of at least 4 members (excludes halogenated alkanes) is 2. The van der Waals surface area contributed by atoms with Gasteiger partial charge < -0.3 is 19.3 Å². The van der Waals surface area contributed by atoms with Gasteiger partial charge in [-0.05, 0) is 45.2 Å². The van der Waals surface area contributed by atoms with Crippen LogP contribution in [-0.4, -0.2) is 41.8 Å². The maximum atomic E-state index is 12.4. The van der Waals surface area contributed by atoms with E-state index in [1.165, 1.54) is 0 Å². The Morgan fingerprint density at radius 1 is 1.38 bits per heavy atom. The highest BCUT2D eigenvalue weighted by molar-refractivity contribution is 5.89. The Balaban J connectivity index is 1.94. The molecule has 1 aliphatic rings. The van der Waals surface area contributed by atoms with Crippen molar-refractivity contribution in [2.24, 2.45) is 0 Å². The summed E-state index contributed by atoms with van der Waals surface area (Å²) in [6.45, 7) is 7.51. The van der Waals surface area contributed by atoms with Gasteiger partial charge >= 0.3 is 5.97 Å². The summed E-state index contributed by atoms with van der Waals surface area (Å²) in [5.74, 6) is -0.437. The normalized spacial score (nSPS) is 26.9. The molecule has 2 unspecified atom stereocenters. The minimum atomic E-state index is -0.689. The molecule has 1 heterocycles. The quantitative estimate of drug-likeness (QED) is 0.410. The Bertz CT molecular complexity index is 559. The first-order valence-corrected chi connectivity index (χ1v) is 9.37. The van der Waals surface area contributed by atoms with Crippen molar-refractivity contribution in [1.29, 1.82) is 0 Å². The molecule has 1 aromatic rings. The van der Waals surface area contributed by atoms with Crippen LogP contribution < -0.4 is 0 Å². The van der Waals surface area contributed by atoms with E-state index in [0.717, 1.165) is 25.7 Å². The predicted molar refractivity (Wildman–Crippen MR) is 99.8 cm³/mol. The molecule has 1 fully saturated rings. The van der Waals surface area contributed by atoms with Gasteiger partial charge in [0.15, 0.2) is 12.4 Å². The van der Waals surface area contributed by atoms with Crippen molar-refractivity contribution in [1.82, 2.24) is 0 Å². The third kappa shape index (κ3) is 6.24. The third-order valence-corrected chi connectivity index (χ3v) is 4.57. The maximum absolute atomic E-state index is 12.4.